The lowest BCUT2D eigenvalue weighted by Crippen LogP contribution is -2.48. The molecule has 1 N–H and O–H groups in total. The number of amides is 2. The van der Waals surface area contributed by atoms with E-state index in [1.54, 1.807) is 4.90 Å². The van der Waals surface area contributed by atoms with Gasteiger partial charge in [-0.1, -0.05) is 86.9 Å². The lowest BCUT2D eigenvalue weighted by molar-refractivity contribution is -0.140. The van der Waals surface area contributed by atoms with Gasteiger partial charge in [0.1, 0.15) is 6.04 Å². The van der Waals surface area contributed by atoms with Gasteiger partial charge in [-0.25, -0.2) is 0 Å². The van der Waals surface area contributed by atoms with Gasteiger partial charge in [0.05, 0.1) is 0 Å². The maximum absolute atomic E-state index is 13.2. The molecule has 0 fully saturated rings. The summed E-state index contributed by atoms with van der Waals surface area (Å²) in [6.07, 6.45) is 1.02. The van der Waals surface area contributed by atoms with Gasteiger partial charge in [0.15, 0.2) is 0 Å². The third kappa shape index (κ3) is 8.09. The topological polar surface area (TPSA) is 49.4 Å². The van der Waals surface area contributed by atoms with Crippen molar-refractivity contribution in [2.24, 2.45) is 5.92 Å². The number of nitrogens with zero attached hydrogens (tertiary/aromatic N) is 1. The van der Waals surface area contributed by atoms with Crippen LogP contribution in [0.25, 0.3) is 0 Å². The van der Waals surface area contributed by atoms with Gasteiger partial charge in [0.2, 0.25) is 11.8 Å². The molecule has 1 atom stereocenters. The number of rotatable bonds is 9. The van der Waals surface area contributed by atoms with E-state index in [4.69, 9.17) is 0 Å². The largest absolute Gasteiger partial charge is 0.354 e. The Kier molecular flexibility index (Phi) is 9.50. The highest BCUT2D eigenvalue weighted by Crippen LogP contribution is 2.23. The number of nitrogens with one attached hydrogen (secondary N) is 1. The molecular weight excluding hydrogens is 464 g/mol. The third-order valence-corrected chi connectivity index (χ3v) is 6.09. The molecule has 2 aromatic carbocycles. The molecule has 32 heavy (non-hydrogen) atoms. The van der Waals surface area contributed by atoms with Gasteiger partial charge >= 0.3 is 0 Å². The van der Waals surface area contributed by atoms with E-state index in [2.05, 4.69) is 80.1 Å². The Bertz CT molecular complexity index is 883. The molecule has 5 heteroatoms. The predicted octanol–water partition coefficient (Wildman–Crippen LogP) is 5.87. The fourth-order valence-electron chi connectivity index (χ4n) is 3.39. The normalized spacial score (nSPS) is 12.5. The number of carbonyl (C=O) groups is 2. The Labute approximate surface area is 201 Å². The molecule has 0 radical (unpaired) electrons. The molecule has 0 heterocycles. The van der Waals surface area contributed by atoms with Crippen LogP contribution in [-0.2, 0) is 28.0 Å². The summed E-state index contributed by atoms with van der Waals surface area (Å²) >= 11 is 3.45. The number of hydrogen-bond donors (Lipinski definition) is 1. The Hall–Kier alpha value is -2.14. The first kappa shape index (κ1) is 26.1. The zero-order valence-corrected chi connectivity index (χ0v) is 21.8. The molecule has 0 spiro atoms. The number of halogens is 1. The van der Waals surface area contributed by atoms with Crippen LogP contribution >= 0.6 is 15.9 Å². The first-order valence-electron chi connectivity index (χ1n) is 11.4. The van der Waals surface area contributed by atoms with Gasteiger partial charge in [-0.3, -0.25) is 9.59 Å². The molecule has 174 valence electrons. The van der Waals surface area contributed by atoms with E-state index >= 15 is 0 Å². The second kappa shape index (κ2) is 11.6. The Balaban J connectivity index is 2.11. The second-order valence-corrected chi connectivity index (χ2v) is 10.8. The predicted molar refractivity (Wildman–Crippen MR) is 135 cm³/mol. The van der Waals surface area contributed by atoms with Gasteiger partial charge in [-0.15, -0.1) is 0 Å². The van der Waals surface area contributed by atoms with Crippen LogP contribution in [0.2, 0.25) is 0 Å². The molecule has 0 aliphatic heterocycles. The molecule has 2 amide bonds. The molecule has 0 bridgehead atoms. The zero-order valence-electron chi connectivity index (χ0n) is 20.2. The highest BCUT2D eigenvalue weighted by atomic mass is 79.9. The van der Waals surface area contributed by atoms with Crippen molar-refractivity contribution >= 4 is 27.7 Å². The average molecular weight is 502 g/mol. The molecule has 0 aromatic heterocycles. The fourth-order valence-corrected chi connectivity index (χ4v) is 3.65. The van der Waals surface area contributed by atoms with Crippen molar-refractivity contribution in [3.63, 3.8) is 0 Å². The summed E-state index contributed by atoms with van der Waals surface area (Å²) in [7, 11) is 0. The number of aryl methyl sites for hydroxylation is 1. The average Bonchev–Trinajstić information content (AvgIpc) is 2.74. The number of hydrogen-bond acceptors (Lipinski definition) is 2. The van der Waals surface area contributed by atoms with Crippen LogP contribution < -0.4 is 5.32 Å². The highest BCUT2D eigenvalue weighted by Gasteiger charge is 2.26. The van der Waals surface area contributed by atoms with Crippen molar-refractivity contribution in [2.45, 2.75) is 72.4 Å². The van der Waals surface area contributed by atoms with Crippen molar-refractivity contribution in [2.75, 3.05) is 6.54 Å². The summed E-state index contributed by atoms with van der Waals surface area (Å²) in [5.41, 5.74) is 3.51. The lowest BCUT2D eigenvalue weighted by Gasteiger charge is -2.29. The Morgan fingerprint density at radius 1 is 0.938 bits per heavy atom. The lowest BCUT2D eigenvalue weighted by atomic mass is 9.86. The molecule has 2 rings (SSSR count). The van der Waals surface area contributed by atoms with Crippen molar-refractivity contribution in [3.05, 3.63) is 69.7 Å². The van der Waals surface area contributed by atoms with Crippen LogP contribution in [0.4, 0.5) is 0 Å². The number of carbonyl (C=O) groups excluding carboxylic acids is 2. The van der Waals surface area contributed by atoms with Crippen LogP contribution in [0, 0.1) is 5.92 Å². The summed E-state index contributed by atoms with van der Waals surface area (Å²) in [4.78, 5) is 27.7. The molecule has 0 aliphatic carbocycles. The summed E-state index contributed by atoms with van der Waals surface area (Å²) in [5.74, 6) is 0.233. The van der Waals surface area contributed by atoms with Crippen LogP contribution in [0.5, 0.6) is 0 Å². The standard InChI is InChI=1S/C27H37BrN2O2/c1-19(2)17-29-26(32)20(3)30(18-22-9-14-24(28)15-10-22)25(31)16-11-21-7-12-23(13-8-21)27(4,5)6/h7-10,12-15,19-20H,11,16-18H2,1-6H3,(H,29,32). The number of benzene rings is 2. The molecule has 1 unspecified atom stereocenters. The Morgan fingerprint density at radius 3 is 2.03 bits per heavy atom. The minimum atomic E-state index is -0.534. The van der Waals surface area contributed by atoms with Crippen molar-refractivity contribution in [1.29, 1.82) is 0 Å². The molecule has 4 nitrogen and oxygen atoms in total. The van der Waals surface area contributed by atoms with E-state index in [1.165, 1.54) is 5.56 Å². The molecule has 0 saturated heterocycles. The van der Waals surface area contributed by atoms with E-state index in [0.717, 1.165) is 15.6 Å². The monoisotopic (exact) mass is 500 g/mol. The quantitative estimate of drug-likeness (QED) is 0.467. The van der Waals surface area contributed by atoms with E-state index in [1.807, 2.05) is 31.2 Å². The second-order valence-electron chi connectivity index (χ2n) is 9.91. The molecule has 0 saturated carbocycles. The minimum Gasteiger partial charge on any atom is -0.354 e. The minimum absolute atomic E-state index is 0.0139. The van der Waals surface area contributed by atoms with E-state index in [0.29, 0.717) is 31.8 Å². The summed E-state index contributed by atoms with van der Waals surface area (Å²) < 4.78 is 0.987. The van der Waals surface area contributed by atoms with Crippen molar-refractivity contribution < 1.29 is 9.59 Å². The Morgan fingerprint density at radius 2 is 1.50 bits per heavy atom. The fraction of sp³-hybridized carbons (Fsp3) is 0.481. The van der Waals surface area contributed by atoms with Crippen LogP contribution in [0.3, 0.4) is 0 Å². The van der Waals surface area contributed by atoms with Crippen LogP contribution in [0.1, 0.15) is 64.7 Å². The summed E-state index contributed by atoms with van der Waals surface area (Å²) in [6, 6.07) is 15.8. The van der Waals surface area contributed by atoms with Crippen LogP contribution in [-0.4, -0.2) is 29.3 Å². The van der Waals surface area contributed by atoms with Gasteiger partial charge in [0, 0.05) is 24.0 Å². The first-order valence-corrected chi connectivity index (χ1v) is 12.2. The first-order chi connectivity index (χ1) is 15.0. The van der Waals surface area contributed by atoms with Crippen LogP contribution in [0.15, 0.2) is 53.0 Å². The van der Waals surface area contributed by atoms with Crippen molar-refractivity contribution in [3.8, 4) is 0 Å². The van der Waals surface area contributed by atoms with Crippen molar-refractivity contribution in [1.82, 2.24) is 10.2 Å². The molecule has 2 aromatic rings. The van der Waals surface area contributed by atoms with E-state index in [-0.39, 0.29) is 17.2 Å². The van der Waals surface area contributed by atoms with E-state index in [9.17, 15) is 9.59 Å². The van der Waals surface area contributed by atoms with Gasteiger partial charge in [0.25, 0.3) is 0 Å². The molecule has 0 aliphatic rings. The maximum Gasteiger partial charge on any atom is 0.242 e. The smallest absolute Gasteiger partial charge is 0.242 e. The van der Waals surface area contributed by atoms with Gasteiger partial charge in [-0.2, -0.15) is 0 Å². The summed E-state index contributed by atoms with van der Waals surface area (Å²) in [6.45, 7) is 13.5. The SMILES string of the molecule is CC(C)CNC(=O)C(C)N(Cc1ccc(Br)cc1)C(=O)CCc1ccc(C(C)(C)C)cc1. The van der Waals surface area contributed by atoms with E-state index < -0.39 is 6.04 Å². The zero-order chi connectivity index (χ0) is 23.9. The highest BCUT2D eigenvalue weighted by molar-refractivity contribution is 9.10. The third-order valence-electron chi connectivity index (χ3n) is 5.57. The van der Waals surface area contributed by atoms with Gasteiger partial charge in [-0.05, 0) is 53.5 Å². The van der Waals surface area contributed by atoms with Gasteiger partial charge < -0.3 is 10.2 Å². The molecular formula is C27H37BrN2O2. The maximum atomic E-state index is 13.2. The summed E-state index contributed by atoms with van der Waals surface area (Å²) in [5, 5.41) is 2.97.